The van der Waals surface area contributed by atoms with Crippen molar-refractivity contribution in [3.05, 3.63) is 29.8 Å². The predicted octanol–water partition coefficient (Wildman–Crippen LogP) is 0.702. The van der Waals surface area contributed by atoms with E-state index in [1.54, 1.807) is 6.92 Å². The van der Waals surface area contributed by atoms with Crippen LogP contribution in [0.5, 0.6) is 0 Å². The molecule has 9 heteroatoms. The summed E-state index contributed by atoms with van der Waals surface area (Å²) in [5.41, 5.74) is 9.54. The molecule has 1 aliphatic heterocycles. The summed E-state index contributed by atoms with van der Waals surface area (Å²) in [6.07, 6.45) is 1.52. The van der Waals surface area contributed by atoms with Crippen molar-refractivity contribution in [2.45, 2.75) is 6.92 Å². The molecule has 0 radical (unpaired) electrons. The molecule has 0 saturated carbocycles. The van der Waals surface area contributed by atoms with E-state index in [2.05, 4.69) is 26.5 Å². The lowest BCUT2D eigenvalue weighted by atomic mass is 10.2. The third-order valence-corrected chi connectivity index (χ3v) is 3.00. The molecule has 1 aliphatic rings. The topological polar surface area (TPSA) is 101 Å². The molecule has 0 aromatic heterocycles. The molecule has 0 saturated heterocycles. The first-order valence-electron chi connectivity index (χ1n) is 6.93. The number of urea groups is 2. The maximum absolute atomic E-state index is 11.7. The Hall–Kier alpha value is -3.10. The van der Waals surface area contributed by atoms with Crippen molar-refractivity contribution in [1.82, 2.24) is 21.3 Å². The fourth-order valence-electron chi connectivity index (χ4n) is 1.80. The van der Waals surface area contributed by atoms with Crippen LogP contribution in [0.15, 0.2) is 34.5 Å². The molecule has 0 bridgehead atoms. The molecule has 9 nitrogen and oxygen atoms in total. The molecule has 0 spiro atoms. The van der Waals surface area contributed by atoms with E-state index in [-0.39, 0.29) is 6.54 Å². The van der Waals surface area contributed by atoms with Crippen LogP contribution in [0.2, 0.25) is 0 Å². The standard InChI is InChI=1S/C14H19N7O2/c1-10-9-21(14(23)18-16-10)19-13(22)17-15-8-11-4-6-12(7-5-11)20(2)3/h4-8H,9H2,1-3H3,(H,18,23)(H2,17,19,22)/b15-8+. The second-order valence-corrected chi connectivity index (χ2v) is 5.15. The zero-order valence-electron chi connectivity index (χ0n) is 13.2. The van der Waals surface area contributed by atoms with E-state index in [0.29, 0.717) is 5.71 Å². The minimum absolute atomic E-state index is 0.217. The van der Waals surface area contributed by atoms with Gasteiger partial charge in [-0.05, 0) is 24.6 Å². The largest absolute Gasteiger partial charge is 0.378 e. The maximum atomic E-state index is 11.7. The average Bonchev–Trinajstić information content (AvgIpc) is 2.51. The molecule has 1 aromatic carbocycles. The molecular weight excluding hydrogens is 298 g/mol. The molecule has 4 amide bonds. The number of hydrazine groups is 1. The smallest absolute Gasteiger partial charge is 0.356 e. The van der Waals surface area contributed by atoms with E-state index in [9.17, 15) is 9.59 Å². The molecule has 1 heterocycles. The molecule has 122 valence electrons. The Morgan fingerprint density at radius 3 is 2.74 bits per heavy atom. The van der Waals surface area contributed by atoms with Gasteiger partial charge in [0.15, 0.2) is 0 Å². The number of carbonyl (C=O) groups excluding carboxylic acids is 2. The summed E-state index contributed by atoms with van der Waals surface area (Å²) in [4.78, 5) is 25.2. The van der Waals surface area contributed by atoms with Crippen molar-refractivity contribution >= 4 is 29.7 Å². The van der Waals surface area contributed by atoms with Gasteiger partial charge in [0.05, 0.1) is 18.5 Å². The highest BCUT2D eigenvalue weighted by molar-refractivity contribution is 5.92. The normalized spacial score (nSPS) is 14.3. The number of hydrazone groups is 2. The van der Waals surface area contributed by atoms with E-state index < -0.39 is 12.1 Å². The fraction of sp³-hybridized carbons (Fsp3) is 0.286. The summed E-state index contributed by atoms with van der Waals surface area (Å²) < 4.78 is 0. The van der Waals surface area contributed by atoms with Gasteiger partial charge >= 0.3 is 12.1 Å². The third-order valence-electron chi connectivity index (χ3n) is 3.00. The van der Waals surface area contributed by atoms with E-state index >= 15 is 0 Å². The molecule has 0 atom stereocenters. The van der Waals surface area contributed by atoms with Gasteiger partial charge in [0, 0.05) is 19.8 Å². The molecule has 1 aromatic rings. The highest BCUT2D eigenvalue weighted by Crippen LogP contribution is 2.10. The Kier molecular flexibility index (Phi) is 5.13. The molecular formula is C14H19N7O2. The summed E-state index contributed by atoms with van der Waals surface area (Å²) >= 11 is 0. The van der Waals surface area contributed by atoms with E-state index in [4.69, 9.17) is 0 Å². The number of anilines is 1. The van der Waals surface area contributed by atoms with Gasteiger partial charge in [-0.1, -0.05) is 12.1 Å². The van der Waals surface area contributed by atoms with Gasteiger partial charge in [-0.3, -0.25) is 0 Å². The summed E-state index contributed by atoms with van der Waals surface area (Å²) in [6, 6.07) is 6.54. The molecule has 0 unspecified atom stereocenters. The minimum atomic E-state index is -0.615. The van der Waals surface area contributed by atoms with Crippen molar-refractivity contribution in [3.63, 3.8) is 0 Å². The van der Waals surface area contributed by atoms with Crippen LogP contribution in [0.25, 0.3) is 0 Å². The van der Waals surface area contributed by atoms with Crippen LogP contribution < -0.4 is 21.2 Å². The molecule has 0 aliphatic carbocycles. The minimum Gasteiger partial charge on any atom is -0.378 e. The third kappa shape index (κ3) is 4.70. The van der Waals surface area contributed by atoms with Gasteiger partial charge in [0.1, 0.15) is 0 Å². The first-order chi connectivity index (χ1) is 11.0. The van der Waals surface area contributed by atoms with Crippen LogP contribution in [-0.2, 0) is 0 Å². The van der Waals surface area contributed by atoms with E-state index in [1.165, 1.54) is 6.21 Å². The van der Waals surface area contributed by atoms with Crippen LogP contribution in [0, 0.1) is 0 Å². The molecule has 23 heavy (non-hydrogen) atoms. The Balaban J connectivity index is 1.84. The SMILES string of the molecule is CC1=NNC(=O)N(NC(=O)N/N=C/c2ccc(N(C)C)cc2)C1. The van der Waals surface area contributed by atoms with Crippen molar-refractivity contribution in [2.24, 2.45) is 10.2 Å². The van der Waals surface area contributed by atoms with Gasteiger partial charge in [0.2, 0.25) is 0 Å². The molecule has 0 fully saturated rings. The Bertz CT molecular complexity index is 637. The van der Waals surface area contributed by atoms with Crippen molar-refractivity contribution in [3.8, 4) is 0 Å². The summed E-state index contributed by atoms with van der Waals surface area (Å²) in [7, 11) is 3.91. The second-order valence-electron chi connectivity index (χ2n) is 5.15. The Morgan fingerprint density at radius 2 is 2.09 bits per heavy atom. The first kappa shape index (κ1) is 16.3. The lowest BCUT2D eigenvalue weighted by Gasteiger charge is -2.25. The van der Waals surface area contributed by atoms with Crippen molar-refractivity contribution in [2.75, 3.05) is 25.5 Å². The van der Waals surface area contributed by atoms with Gasteiger partial charge in [-0.2, -0.15) is 10.2 Å². The fourth-order valence-corrected chi connectivity index (χ4v) is 1.80. The number of carbonyl (C=O) groups is 2. The van der Waals surface area contributed by atoms with Crippen molar-refractivity contribution in [1.29, 1.82) is 0 Å². The van der Waals surface area contributed by atoms with Crippen LogP contribution in [0.1, 0.15) is 12.5 Å². The lowest BCUT2D eigenvalue weighted by Crippen LogP contribution is -2.55. The number of amides is 4. The predicted molar refractivity (Wildman–Crippen MR) is 88.4 cm³/mol. The van der Waals surface area contributed by atoms with Crippen LogP contribution in [-0.4, -0.2) is 49.6 Å². The Morgan fingerprint density at radius 1 is 1.39 bits per heavy atom. The first-order valence-corrected chi connectivity index (χ1v) is 6.93. The monoisotopic (exact) mass is 317 g/mol. The van der Waals surface area contributed by atoms with Crippen LogP contribution >= 0.6 is 0 Å². The quantitative estimate of drug-likeness (QED) is 0.563. The average molecular weight is 317 g/mol. The number of benzene rings is 1. The number of hydrogen-bond acceptors (Lipinski definition) is 5. The van der Waals surface area contributed by atoms with Gasteiger partial charge in [-0.15, -0.1) is 0 Å². The summed E-state index contributed by atoms with van der Waals surface area (Å²) in [5.74, 6) is 0. The highest BCUT2D eigenvalue weighted by Gasteiger charge is 2.20. The van der Waals surface area contributed by atoms with E-state index in [0.717, 1.165) is 16.3 Å². The number of nitrogens with one attached hydrogen (secondary N) is 3. The van der Waals surface area contributed by atoms with Crippen molar-refractivity contribution < 1.29 is 9.59 Å². The lowest BCUT2D eigenvalue weighted by molar-refractivity contribution is 0.173. The van der Waals surface area contributed by atoms with Gasteiger partial charge in [0.25, 0.3) is 0 Å². The molecule has 3 N–H and O–H groups in total. The summed E-state index contributed by atoms with van der Waals surface area (Å²) in [6.45, 7) is 1.95. The zero-order chi connectivity index (χ0) is 16.8. The zero-order valence-corrected chi connectivity index (χ0v) is 13.2. The second kappa shape index (κ2) is 7.25. The van der Waals surface area contributed by atoms with Gasteiger partial charge in [-0.25, -0.2) is 30.9 Å². The highest BCUT2D eigenvalue weighted by atomic mass is 16.2. The van der Waals surface area contributed by atoms with Crippen LogP contribution in [0.3, 0.4) is 0 Å². The summed E-state index contributed by atoms with van der Waals surface area (Å²) in [5, 5.41) is 8.71. The number of hydrogen-bond donors (Lipinski definition) is 3. The Labute approximate surface area is 134 Å². The number of rotatable bonds is 4. The molecule has 2 rings (SSSR count). The van der Waals surface area contributed by atoms with Crippen LogP contribution in [0.4, 0.5) is 15.3 Å². The maximum Gasteiger partial charge on any atom is 0.356 e. The van der Waals surface area contributed by atoms with Gasteiger partial charge < -0.3 is 4.90 Å². The van der Waals surface area contributed by atoms with E-state index in [1.807, 2.05) is 43.3 Å². The number of nitrogens with zero attached hydrogens (tertiary/aromatic N) is 4.